The van der Waals surface area contributed by atoms with Crippen LogP contribution >= 0.6 is 0 Å². The van der Waals surface area contributed by atoms with Crippen molar-refractivity contribution in [2.75, 3.05) is 13.1 Å². The number of nitrogens with one attached hydrogen (secondary N) is 2. The number of aliphatic imine (C=N–C) groups is 1. The molecule has 0 bridgehead atoms. The van der Waals surface area contributed by atoms with Gasteiger partial charge in [0.05, 0.1) is 6.54 Å². The molecule has 5 heteroatoms. The van der Waals surface area contributed by atoms with E-state index < -0.39 is 0 Å². The third-order valence-electron chi connectivity index (χ3n) is 3.97. The number of hydrogen-bond donors (Lipinski definition) is 2. The molecule has 0 unspecified atom stereocenters. The summed E-state index contributed by atoms with van der Waals surface area (Å²) in [6, 6.07) is 4.01. The van der Waals surface area contributed by atoms with Gasteiger partial charge in [0, 0.05) is 25.4 Å². The average Bonchev–Trinajstić information content (AvgIpc) is 3.07. The Bertz CT molecular complexity index is 466. The number of guanidine groups is 1. The molecule has 2 rings (SSSR count). The molecule has 1 aromatic heterocycles. The van der Waals surface area contributed by atoms with E-state index in [0.717, 1.165) is 49.8 Å². The number of unbranched alkanes of at least 4 members (excludes halogenated alkanes) is 1. The van der Waals surface area contributed by atoms with E-state index in [9.17, 15) is 0 Å². The van der Waals surface area contributed by atoms with Crippen molar-refractivity contribution >= 4 is 5.96 Å². The Balaban J connectivity index is 1.83. The van der Waals surface area contributed by atoms with Crippen molar-refractivity contribution in [3.05, 3.63) is 23.9 Å². The molecule has 0 aliphatic heterocycles. The molecule has 0 aromatic carbocycles. The summed E-state index contributed by atoms with van der Waals surface area (Å²) in [5, 5.41) is 6.61. The fraction of sp³-hybridized carbons (Fsp3) is 0.667. The highest BCUT2D eigenvalue weighted by molar-refractivity contribution is 5.79. The number of ether oxygens (including phenoxy) is 1. The molecule has 0 radical (unpaired) electrons. The Morgan fingerprint density at radius 2 is 2.09 bits per heavy atom. The second-order valence-electron chi connectivity index (χ2n) is 6.00. The lowest BCUT2D eigenvalue weighted by Crippen LogP contribution is -2.37. The summed E-state index contributed by atoms with van der Waals surface area (Å²) in [5.41, 5.74) is 1.09. The van der Waals surface area contributed by atoms with Crippen LogP contribution in [-0.2, 0) is 6.54 Å². The Hall–Kier alpha value is -1.78. The first-order valence-corrected chi connectivity index (χ1v) is 8.95. The van der Waals surface area contributed by atoms with Crippen LogP contribution in [-0.4, -0.2) is 30.1 Å². The molecule has 23 heavy (non-hydrogen) atoms. The van der Waals surface area contributed by atoms with Gasteiger partial charge in [-0.15, -0.1) is 0 Å². The minimum Gasteiger partial charge on any atom is -0.474 e. The molecule has 0 amide bonds. The zero-order chi connectivity index (χ0) is 16.3. The van der Waals surface area contributed by atoms with Crippen LogP contribution in [0.25, 0.3) is 0 Å². The third kappa shape index (κ3) is 6.47. The lowest BCUT2D eigenvalue weighted by atomic mass is 10.3. The molecular weight excluding hydrogens is 288 g/mol. The van der Waals surface area contributed by atoms with Crippen LogP contribution in [0.15, 0.2) is 23.3 Å². The van der Waals surface area contributed by atoms with E-state index in [1.165, 1.54) is 19.3 Å². The Kier molecular flexibility index (Phi) is 7.70. The first-order valence-electron chi connectivity index (χ1n) is 8.95. The molecule has 0 atom stereocenters. The first-order chi connectivity index (χ1) is 11.3. The molecule has 2 N–H and O–H groups in total. The Morgan fingerprint density at radius 1 is 1.26 bits per heavy atom. The van der Waals surface area contributed by atoms with Crippen molar-refractivity contribution < 1.29 is 4.74 Å². The zero-order valence-electron chi connectivity index (χ0n) is 14.5. The minimum absolute atomic E-state index is 0.356. The second-order valence-corrected chi connectivity index (χ2v) is 6.00. The van der Waals surface area contributed by atoms with Crippen molar-refractivity contribution in [3.63, 3.8) is 0 Å². The van der Waals surface area contributed by atoms with Crippen LogP contribution in [0, 0.1) is 0 Å². The van der Waals surface area contributed by atoms with Crippen molar-refractivity contribution in [1.29, 1.82) is 0 Å². The monoisotopic (exact) mass is 318 g/mol. The maximum atomic E-state index is 5.89. The van der Waals surface area contributed by atoms with Crippen LogP contribution in [0.3, 0.4) is 0 Å². The van der Waals surface area contributed by atoms with Gasteiger partial charge in [-0.25, -0.2) is 9.98 Å². The predicted molar refractivity (Wildman–Crippen MR) is 94.8 cm³/mol. The van der Waals surface area contributed by atoms with Gasteiger partial charge >= 0.3 is 0 Å². The number of nitrogens with zero attached hydrogens (tertiary/aromatic N) is 2. The summed E-state index contributed by atoms with van der Waals surface area (Å²) in [5.74, 6) is 1.60. The normalized spacial score (nSPS) is 15.7. The number of hydrogen-bond acceptors (Lipinski definition) is 3. The number of pyridine rings is 1. The molecule has 128 valence electrons. The Labute approximate surface area is 139 Å². The van der Waals surface area contributed by atoms with E-state index in [1.54, 1.807) is 0 Å². The summed E-state index contributed by atoms with van der Waals surface area (Å²) >= 11 is 0. The Morgan fingerprint density at radius 3 is 2.74 bits per heavy atom. The summed E-state index contributed by atoms with van der Waals surface area (Å²) in [7, 11) is 0. The molecule has 1 aliphatic rings. The van der Waals surface area contributed by atoms with Gasteiger partial charge in [0.15, 0.2) is 5.96 Å². The van der Waals surface area contributed by atoms with Crippen molar-refractivity contribution in [2.24, 2.45) is 4.99 Å². The fourth-order valence-corrected chi connectivity index (χ4v) is 2.65. The van der Waals surface area contributed by atoms with Crippen molar-refractivity contribution in [1.82, 2.24) is 15.6 Å². The highest BCUT2D eigenvalue weighted by Crippen LogP contribution is 2.22. The van der Waals surface area contributed by atoms with Crippen LogP contribution in [0.2, 0.25) is 0 Å². The summed E-state index contributed by atoms with van der Waals surface area (Å²) < 4.78 is 5.89. The van der Waals surface area contributed by atoms with Gasteiger partial charge < -0.3 is 15.4 Å². The maximum Gasteiger partial charge on any atom is 0.213 e. The first kappa shape index (κ1) is 17.6. The van der Waals surface area contributed by atoms with E-state index in [0.29, 0.717) is 12.6 Å². The van der Waals surface area contributed by atoms with Crippen LogP contribution in [0.5, 0.6) is 5.88 Å². The number of aromatic nitrogens is 1. The molecule has 1 heterocycles. The van der Waals surface area contributed by atoms with Crippen LogP contribution in [0.4, 0.5) is 0 Å². The lowest BCUT2D eigenvalue weighted by Gasteiger charge is -2.12. The van der Waals surface area contributed by atoms with E-state index in [4.69, 9.17) is 4.74 Å². The molecule has 0 spiro atoms. The quantitative estimate of drug-likeness (QED) is 0.439. The molecular formula is C18H30N4O. The molecule has 1 aromatic rings. The molecule has 0 saturated heterocycles. The average molecular weight is 318 g/mol. The van der Waals surface area contributed by atoms with Gasteiger partial charge in [-0.1, -0.05) is 19.4 Å². The van der Waals surface area contributed by atoms with E-state index in [2.05, 4.69) is 40.5 Å². The van der Waals surface area contributed by atoms with Gasteiger partial charge in [-0.3, -0.25) is 0 Å². The largest absolute Gasteiger partial charge is 0.474 e. The smallest absolute Gasteiger partial charge is 0.213 e. The highest BCUT2D eigenvalue weighted by Gasteiger charge is 2.16. The zero-order valence-corrected chi connectivity index (χ0v) is 14.5. The minimum atomic E-state index is 0.356. The van der Waals surface area contributed by atoms with Gasteiger partial charge in [0.1, 0.15) is 6.10 Å². The standard InChI is InChI=1S/C18H30N4O/c1-3-5-12-20-18(19-4-2)22-14-15-10-11-17(21-13-15)23-16-8-6-7-9-16/h10-11,13,16H,3-9,12,14H2,1-2H3,(H2,19,20,22). The summed E-state index contributed by atoms with van der Waals surface area (Å²) in [4.78, 5) is 9.01. The molecule has 1 saturated carbocycles. The lowest BCUT2D eigenvalue weighted by molar-refractivity contribution is 0.201. The predicted octanol–water partition coefficient (Wildman–Crippen LogP) is 3.26. The fourth-order valence-electron chi connectivity index (χ4n) is 2.65. The van der Waals surface area contributed by atoms with E-state index in [1.807, 2.05) is 12.3 Å². The molecule has 1 fully saturated rings. The van der Waals surface area contributed by atoms with Gasteiger partial charge in [0.2, 0.25) is 5.88 Å². The summed E-state index contributed by atoms with van der Waals surface area (Å²) in [6.45, 7) is 6.71. The van der Waals surface area contributed by atoms with Gasteiger partial charge in [-0.05, 0) is 44.6 Å². The van der Waals surface area contributed by atoms with Crippen LogP contribution < -0.4 is 15.4 Å². The summed E-state index contributed by atoms with van der Waals surface area (Å²) in [6.07, 6.45) is 9.41. The van der Waals surface area contributed by atoms with Gasteiger partial charge in [0.25, 0.3) is 0 Å². The number of rotatable bonds is 8. The van der Waals surface area contributed by atoms with Crippen LogP contribution in [0.1, 0.15) is 57.9 Å². The SMILES string of the molecule is CCCCNC(=NCc1ccc(OC2CCCC2)nc1)NCC. The van der Waals surface area contributed by atoms with E-state index in [-0.39, 0.29) is 0 Å². The third-order valence-corrected chi connectivity index (χ3v) is 3.97. The molecule has 5 nitrogen and oxygen atoms in total. The second kappa shape index (κ2) is 10.1. The van der Waals surface area contributed by atoms with E-state index >= 15 is 0 Å². The molecule has 1 aliphatic carbocycles. The maximum absolute atomic E-state index is 5.89. The van der Waals surface area contributed by atoms with Crippen molar-refractivity contribution in [2.45, 2.75) is 65.0 Å². The van der Waals surface area contributed by atoms with Crippen molar-refractivity contribution in [3.8, 4) is 5.88 Å². The van der Waals surface area contributed by atoms with Gasteiger partial charge in [-0.2, -0.15) is 0 Å². The topological polar surface area (TPSA) is 58.5 Å². The highest BCUT2D eigenvalue weighted by atomic mass is 16.5.